The molecule has 2 aliphatic rings. The van der Waals surface area contributed by atoms with Gasteiger partial charge in [0.25, 0.3) is 11.8 Å². The first-order valence-corrected chi connectivity index (χ1v) is 28.5. The lowest BCUT2D eigenvalue weighted by atomic mass is 9.89. The van der Waals surface area contributed by atoms with Crippen molar-refractivity contribution in [2.45, 2.75) is 168 Å². The molecule has 1 aromatic rings. The molecule has 24 heteroatoms. The fourth-order valence-corrected chi connectivity index (χ4v) is 10.9. The number of amides is 9. The van der Waals surface area contributed by atoms with Crippen LogP contribution in [0.1, 0.15) is 114 Å². The van der Waals surface area contributed by atoms with Gasteiger partial charge in [-0.1, -0.05) is 99.1 Å². The third kappa shape index (κ3) is 19.1. The van der Waals surface area contributed by atoms with Crippen LogP contribution in [-0.2, 0) is 62.2 Å². The maximum atomic E-state index is 14.5. The average molecular weight is 1160 g/mol. The van der Waals surface area contributed by atoms with Gasteiger partial charge in [0.15, 0.2) is 0 Å². The Bertz CT molecular complexity index is 2340. The second-order valence-corrected chi connectivity index (χ2v) is 22.8. The average Bonchev–Trinajstić information content (AvgIpc) is 4.13. The quantitative estimate of drug-likeness (QED) is 0.0381. The van der Waals surface area contributed by atoms with Crippen LogP contribution in [0.5, 0.6) is 0 Å². The molecule has 2 aliphatic heterocycles. The van der Waals surface area contributed by atoms with E-state index >= 15 is 0 Å². The van der Waals surface area contributed by atoms with E-state index in [1.165, 1.54) is 21.1 Å². The lowest BCUT2D eigenvalue weighted by Gasteiger charge is -2.41. The van der Waals surface area contributed by atoms with Gasteiger partial charge in [0.05, 0.1) is 55.3 Å². The number of ether oxygens (including phenoxy) is 3. The Morgan fingerprint density at radius 3 is 1.85 bits per heavy atom. The van der Waals surface area contributed by atoms with Gasteiger partial charge in [-0.25, -0.2) is 0 Å². The molecular weight excluding hydrogens is 1060 g/mol. The number of rotatable bonds is 34. The molecule has 2 heterocycles. The molecule has 0 aliphatic carbocycles. The number of nitrogens with zero attached hydrogens (tertiary/aromatic N) is 4. The zero-order valence-electron chi connectivity index (χ0n) is 51.0. The SMILES string of the molecule is CC[C@H](C)[C@@H]([C@@H](CC(=O)N1CCC[C@H]1[C@H](OC)[C@@H](C)C(=O)N[C@H](C)[C@@H](OCNC(=O)[C@H](C)NC(=O)[C@@H](NC(=O)[C@H](CNCC(=O)O)N1C(=O)C=CC1=O)C(C)C)c1ccccc1)OC)N(C)C(=O)[C@@H](NC(=O)[C@H](C(C)C)N(C)C)C(C)C. The Morgan fingerprint density at radius 2 is 1.33 bits per heavy atom. The smallest absolute Gasteiger partial charge is 0.317 e. The largest absolute Gasteiger partial charge is 0.480 e. The number of aliphatic carboxylic acids is 1. The summed E-state index contributed by atoms with van der Waals surface area (Å²) in [5, 5.41) is 25.5. The fraction of sp³-hybridized carbons (Fsp3) is 0.690. The summed E-state index contributed by atoms with van der Waals surface area (Å²) < 4.78 is 18.4. The lowest BCUT2D eigenvalue weighted by molar-refractivity contribution is -0.148. The third-order valence-electron chi connectivity index (χ3n) is 15.5. The van der Waals surface area contributed by atoms with Crippen molar-refractivity contribution < 1.29 is 67.3 Å². The number of carbonyl (C=O) groups excluding carboxylic acids is 9. The van der Waals surface area contributed by atoms with Crippen LogP contribution in [0.25, 0.3) is 0 Å². The summed E-state index contributed by atoms with van der Waals surface area (Å²) in [6, 6.07) is 2.18. The van der Waals surface area contributed by atoms with Crippen LogP contribution < -0.4 is 31.9 Å². The van der Waals surface area contributed by atoms with Crippen molar-refractivity contribution in [2.24, 2.45) is 29.6 Å². The molecule has 24 nitrogen and oxygen atoms in total. The van der Waals surface area contributed by atoms with Crippen molar-refractivity contribution in [3.05, 3.63) is 48.0 Å². The first-order chi connectivity index (χ1) is 38.5. The Morgan fingerprint density at radius 1 is 0.732 bits per heavy atom. The van der Waals surface area contributed by atoms with Crippen molar-refractivity contribution in [3.8, 4) is 0 Å². The highest BCUT2D eigenvalue weighted by Crippen LogP contribution is 2.31. The van der Waals surface area contributed by atoms with Gasteiger partial charge in [0.1, 0.15) is 37.0 Å². The van der Waals surface area contributed by atoms with E-state index in [1.807, 2.05) is 78.7 Å². The molecule has 7 N–H and O–H groups in total. The van der Waals surface area contributed by atoms with E-state index < -0.39 is 127 Å². The highest BCUT2D eigenvalue weighted by atomic mass is 16.5. The number of methoxy groups -OCH3 is 2. The van der Waals surface area contributed by atoms with E-state index in [0.29, 0.717) is 36.3 Å². The zero-order valence-corrected chi connectivity index (χ0v) is 51.0. The van der Waals surface area contributed by atoms with E-state index in [2.05, 4.69) is 31.9 Å². The van der Waals surface area contributed by atoms with Gasteiger partial charge in [-0.2, -0.15) is 0 Å². The maximum absolute atomic E-state index is 14.5. The van der Waals surface area contributed by atoms with Crippen molar-refractivity contribution in [3.63, 3.8) is 0 Å². The summed E-state index contributed by atoms with van der Waals surface area (Å²) in [5.41, 5.74) is 0.679. The minimum atomic E-state index is -1.49. The van der Waals surface area contributed by atoms with Gasteiger partial charge in [0, 0.05) is 46.5 Å². The summed E-state index contributed by atoms with van der Waals surface area (Å²) >= 11 is 0. The first kappa shape index (κ1) is 69.9. The summed E-state index contributed by atoms with van der Waals surface area (Å²) in [6.45, 7) is 19.0. The molecule has 82 heavy (non-hydrogen) atoms. The van der Waals surface area contributed by atoms with Crippen LogP contribution in [0, 0.1) is 29.6 Å². The molecule has 1 saturated heterocycles. The van der Waals surface area contributed by atoms with Crippen molar-refractivity contribution >= 4 is 59.1 Å². The van der Waals surface area contributed by atoms with Crippen molar-refractivity contribution in [1.82, 2.24) is 51.5 Å². The first-order valence-electron chi connectivity index (χ1n) is 28.5. The Kier molecular flexibility index (Phi) is 28.2. The number of carboxylic acids is 1. The molecule has 1 fully saturated rings. The minimum Gasteiger partial charge on any atom is -0.480 e. The Hall–Kier alpha value is -6.34. The predicted octanol–water partition coefficient (Wildman–Crippen LogP) is 1.58. The molecule has 0 radical (unpaired) electrons. The number of carbonyl (C=O) groups is 10. The third-order valence-corrected chi connectivity index (χ3v) is 15.5. The van der Waals surface area contributed by atoms with Gasteiger partial charge in [-0.05, 0) is 70.0 Å². The summed E-state index contributed by atoms with van der Waals surface area (Å²) in [5.74, 6) is -7.89. The monoisotopic (exact) mass is 1150 g/mol. The Balaban J connectivity index is 1.72. The predicted molar refractivity (Wildman–Crippen MR) is 306 cm³/mol. The maximum Gasteiger partial charge on any atom is 0.317 e. The summed E-state index contributed by atoms with van der Waals surface area (Å²) in [4.78, 5) is 139. The number of nitrogens with one attached hydrogen (secondary N) is 6. The van der Waals surface area contributed by atoms with Crippen molar-refractivity contribution in [2.75, 3.05) is 61.7 Å². The van der Waals surface area contributed by atoms with Crippen LogP contribution in [0.4, 0.5) is 0 Å². The molecule has 0 unspecified atom stereocenters. The standard InChI is InChI=1S/C58H94N10O14/c1-17-35(8)50(66(14)58(79)48(33(4)5)64-57(78)49(34(6)7)65(12)13)42(80-15)28-45(71)67-27-21-24-40(67)51(81-16)36(9)53(74)61-37(10)52(39-22-19-18-20-23-39)82-31-60-54(75)38(11)62-56(77)47(32(2)3)63-55(76)41(29-59-30-46(72)73)68-43(69)25-26-44(68)70/h18-20,22-23,25-26,32-38,40-42,47-52,59H,17,21,24,27-31H2,1-16H3,(H,60,75)(H,61,74)(H,62,77)(H,63,76)(H,64,78)(H,72,73)/t35-,36+,37+,38-,40-,41-,42+,47-,48-,49-,50-,51+,52+/m0/s1. The molecule has 9 amide bonds. The molecule has 0 spiro atoms. The molecule has 0 bridgehead atoms. The number of benzene rings is 1. The summed E-state index contributed by atoms with van der Waals surface area (Å²) in [7, 11) is 8.39. The second kappa shape index (κ2) is 33.1. The van der Waals surface area contributed by atoms with Gasteiger partial charge >= 0.3 is 5.97 Å². The number of likely N-dealkylation sites (tertiary alicyclic amines) is 1. The van der Waals surface area contributed by atoms with Crippen LogP contribution >= 0.6 is 0 Å². The Labute approximate surface area is 484 Å². The number of imide groups is 1. The number of hydrogen-bond acceptors (Lipinski definition) is 15. The van der Waals surface area contributed by atoms with Crippen LogP contribution in [0.15, 0.2) is 42.5 Å². The number of carboxylic acid groups (broad SMARTS) is 1. The van der Waals surface area contributed by atoms with E-state index in [4.69, 9.17) is 19.3 Å². The highest BCUT2D eigenvalue weighted by Gasteiger charge is 2.44. The molecule has 13 atom stereocenters. The van der Waals surface area contributed by atoms with Crippen LogP contribution in [-0.4, -0.2) is 206 Å². The molecular formula is C58H94N10O14. The number of hydrogen-bond donors (Lipinski definition) is 7. The highest BCUT2D eigenvalue weighted by molar-refractivity contribution is 6.15. The summed E-state index contributed by atoms with van der Waals surface area (Å²) in [6.07, 6.45) is 1.57. The zero-order chi connectivity index (χ0) is 61.9. The van der Waals surface area contributed by atoms with E-state index in [-0.39, 0.29) is 54.5 Å². The van der Waals surface area contributed by atoms with Crippen molar-refractivity contribution in [1.29, 1.82) is 0 Å². The second-order valence-electron chi connectivity index (χ2n) is 22.8. The van der Waals surface area contributed by atoms with Crippen LogP contribution in [0.3, 0.4) is 0 Å². The fourth-order valence-electron chi connectivity index (χ4n) is 10.9. The van der Waals surface area contributed by atoms with E-state index in [0.717, 1.165) is 12.2 Å². The topological polar surface area (TPSA) is 304 Å². The number of likely N-dealkylation sites (N-methyl/N-ethyl adjacent to an activating group) is 2. The van der Waals surface area contributed by atoms with Gasteiger partial charge in [0.2, 0.25) is 41.4 Å². The molecule has 3 rings (SSSR count). The van der Waals surface area contributed by atoms with Gasteiger partial charge in [-0.15, -0.1) is 0 Å². The molecule has 460 valence electrons. The van der Waals surface area contributed by atoms with Crippen LogP contribution in [0.2, 0.25) is 0 Å². The molecule has 0 saturated carbocycles. The molecule has 0 aromatic heterocycles. The van der Waals surface area contributed by atoms with E-state index in [9.17, 15) is 47.9 Å². The molecule has 1 aromatic carbocycles. The van der Waals surface area contributed by atoms with E-state index in [1.54, 1.807) is 56.7 Å². The van der Waals surface area contributed by atoms with Gasteiger partial charge < -0.3 is 61.0 Å². The minimum absolute atomic E-state index is 0.00208. The van der Waals surface area contributed by atoms with Gasteiger partial charge in [-0.3, -0.25) is 57.7 Å². The lowest BCUT2D eigenvalue weighted by Crippen LogP contribution is -2.60. The normalized spacial score (nSPS) is 18.9.